The molecule has 3 rings (SSSR count). The van der Waals surface area contributed by atoms with Crippen LogP contribution >= 0.6 is 0 Å². The number of methoxy groups -OCH3 is 1. The van der Waals surface area contributed by atoms with Crippen LogP contribution in [-0.4, -0.2) is 44.5 Å². The normalized spacial score (nSPS) is 18.5. The summed E-state index contributed by atoms with van der Waals surface area (Å²) in [6.07, 6.45) is 1.76. The Morgan fingerprint density at radius 2 is 2.04 bits per heavy atom. The largest absolute Gasteiger partial charge is 0.497 e. The Morgan fingerprint density at radius 3 is 2.81 bits per heavy atom. The third-order valence-corrected chi connectivity index (χ3v) is 6.35. The Morgan fingerprint density at radius 1 is 1.23 bits per heavy atom. The van der Waals surface area contributed by atoms with Crippen molar-refractivity contribution >= 4 is 10.0 Å². The smallest absolute Gasteiger partial charge is 0.243 e. The van der Waals surface area contributed by atoms with Gasteiger partial charge in [-0.1, -0.05) is 12.1 Å². The summed E-state index contributed by atoms with van der Waals surface area (Å²) >= 11 is 0. The maximum Gasteiger partial charge on any atom is 0.243 e. The second-order valence-electron chi connectivity index (χ2n) is 6.48. The van der Waals surface area contributed by atoms with Crippen LogP contribution in [0.15, 0.2) is 47.4 Å². The van der Waals surface area contributed by atoms with E-state index in [1.807, 2.05) is 25.1 Å². The molecule has 2 heterocycles. The molecule has 1 fully saturated rings. The first-order chi connectivity index (χ1) is 12.5. The van der Waals surface area contributed by atoms with Gasteiger partial charge in [-0.25, -0.2) is 13.4 Å². The van der Waals surface area contributed by atoms with Gasteiger partial charge >= 0.3 is 0 Å². The lowest BCUT2D eigenvalue weighted by atomic mass is 10.0. The van der Waals surface area contributed by atoms with Crippen LogP contribution in [0.2, 0.25) is 0 Å². The Balaban J connectivity index is 1.67. The van der Waals surface area contributed by atoms with Crippen LogP contribution in [0.3, 0.4) is 0 Å². The highest BCUT2D eigenvalue weighted by Crippen LogP contribution is 2.26. The summed E-state index contributed by atoms with van der Waals surface area (Å²) in [5, 5.41) is 0. The van der Waals surface area contributed by atoms with Gasteiger partial charge < -0.3 is 9.47 Å². The van der Waals surface area contributed by atoms with Crippen LogP contribution in [0.25, 0.3) is 0 Å². The summed E-state index contributed by atoms with van der Waals surface area (Å²) in [5.74, 6) is 1.26. The molecular formula is C19H24N2O4S. The van der Waals surface area contributed by atoms with Crippen molar-refractivity contribution in [2.45, 2.75) is 24.7 Å². The molecule has 0 bridgehead atoms. The molecule has 140 valence electrons. The van der Waals surface area contributed by atoms with E-state index in [-0.39, 0.29) is 10.8 Å². The molecule has 1 aliphatic rings. The summed E-state index contributed by atoms with van der Waals surface area (Å²) in [6, 6.07) is 12.2. The van der Waals surface area contributed by atoms with Gasteiger partial charge in [0.05, 0.1) is 18.6 Å². The van der Waals surface area contributed by atoms with Crippen LogP contribution in [-0.2, 0) is 10.0 Å². The molecule has 0 aliphatic carbocycles. The summed E-state index contributed by atoms with van der Waals surface area (Å²) in [6.45, 7) is 3.35. The van der Waals surface area contributed by atoms with Crippen LogP contribution in [0, 0.1) is 12.8 Å². The van der Waals surface area contributed by atoms with E-state index >= 15 is 0 Å². The minimum Gasteiger partial charge on any atom is -0.497 e. The quantitative estimate of drug-likeness (QED) is 0.775. The third kappa shape index (κ3) is 4.34. The lowest BCUT2D eigenvalue weighted by Crippen LogP contribution is -2.41. The minimum absolute atomic E-state index is 0.145. The van der Waals surface area contributed by atoms with Crippen molar-refractivity contribution in [1.29, 1.82) is 0 Å². The zero-order chi connectivity index (χ0) is 18.6. The monoisotopic (exact) mass is 376 g/mol. The van der Waals surface area contributed by atoms with Crippen LogP contribution in [0.1, 0.15) is 18.5 Å². The van der Waals surface area contributed by atoms with Crippen molar-refractivity contribution in [2.75, 3.05) is 26.8 Å². The summed E-state index contributed by atoms with van der Waals surface area (Å²) in [7, 11) is -2.01. The van der Waals surface area contributed by atoms with Crippen molar-refractivity contribution in [1.82, 2.24) is 9.29 Å². The van der Waals surface area contributed by atoms with Gasteiger partial charge in [-0.05, 0) is 38.0 Å². The summed E-state index contributed by atoms with van der Waals surface area (Å²) < 4.78 is 38.3. The Hall–Kier alpha value is -2.12. The number of benzene rings is 1. The number of aromatic nitrogens is 1. The highest BCUT2D eigenvalue weighted by atomic mass is 32.2. The number of rotatable bonds is 6. The van der Waals surface area contributed by atoms with Gasteiger partial charge in [-0.3, -0.25) is 0 Å². The molecule has 1 aliphatic heterocycles. The zero-order valence-electron chi connectivity index (χ0n) is 15.1. The summed E-state index contributed by atoms with van der Waals surface area (Å²) in [4.78, 5) is 4.59. The van der Waals surface area contributed by atoms with Gasteiger partial charge in [0.2, 0.25) is 15.9 Å². The van der Waals surface area contributed by atoms with E-state index in [9.17, 15) is 8.42 Å². The standard InChI is InChI=1S/C19H24N2O4S/c1-15-6-3-10-19(20-15)25-14-16-7-5-11-21(13-16)26(22,23)18-9-4-8-17(12-18)24-2/h3-4,6,8-10,12,16H,5,7,11,13-14H2,1-2H3. The predicted molar refractivity (Wildman–Crippen MR) is 98.9 cm³/mol. The van der Waals surface area contributed by atoms with Crippen molar-refractivity contribution in [3.05, 3.63) is 48.2 Å². The highest BCUT2D eigenvalue weighted by Gasteiger charge is 2.30. The molecule has 0 spiro atoms. The molecule has 1 atom stereocenters. The number of nitrogens with zero attached hydrogens (tertiary/aromatic N) is 2. The summed E-state index contributed by atoms with van der Waals surface area (Å²) in [5.41, 5.74) is 0.897. The SMILES string of the molecule is COc1cccc(S(=O)(=O)N2CCCC(COc3cccc(C)n3)C2)c1. The van der Waals surface area contributed by atoms with E-state index in [0.717, 1.165) is 18.5 Å². The van der Waals surface area contributed by atoms with Crippen molar-refractivity contribution < 1.29 is 17.9 Å². The number of pyridine rings is 1. The van der Waals surface area contributed by atoms with E-state index in [1.54, 1.807) is 28.6 Å². The van der Waals surface area contributed by atoms with Gasteiger partial charge in [0.1, 0.15) is 5.75 Å². The number of hydrogen-bond donors (Lipinski definition) is 0. The van der Waals surface area contributed by atoms with Gasteiger partial charge in [0.15, 0.2) is 0 Å². The van der Waals surface area contributed by atoms with E-state index in [1.165, 1.54) is 7.11 Å². The number of ether oxygens (including phenoxy) is 2. The fourth-order valence-electron chi connectivity index (χ4n) is 3.09. The Kier molecular flexibility index (Phi) is 5.78. The topological polar surface area (TPSA) is 68.7 Å². The maximum atomic E-state index is 12.9. The van der Waals surface area contributed by atoms with Crippen molar-refractivity contribution in [3.63, 3.8) is 0 Å². The van der Waals surface area contributed by atoms with Gasteiger partial charge in [-0.15, -0.1) is 0 Å². The second kappa shape index (κ2) is 8.05. The van der Waals surface area contributed by atoms with Crippen LogP contribution in [0.5, 0.6) is 11.6 Å². The van der Waals surface area contributed by atoms with E-state index in [2.05, 4.69) is 4.98 Å². The predicted octanol–water partition coefficient (Wildman–Crippen LogP) is 2.88. The highest BCUT2D eigenvalue weighted by molar-refractivity contribution is 7.89. The van der Waals surface area contributed by atoms with Gasteiger partial charge in [0.25, 0.3) is 0 Å². The molecule has 1 aromatic heterocycles. The average Bonchev–Trinajstić information content (AvgIpc) is 2.67. The number of piperidine rings is 1. The van der Waals surface area contributed by atoms with Gasteiger partial charge in [-0.2, -0.15) is 4.31 Å². The molecule has 6 nitrogen and oxygen atoms in total. The fraction of sp³-hybridized carbons (Fsp3) is 0.421. The first kappa shape index (κ1) is 18.7. The first-order valence-corrected chi connectivity index (χ1v) is 10.1. The Bertz CT molecular complexity index is 854. The molecule has 2 aromatic rings. The zero-order valence-corrected chi connectivity index (χ0v) is 15.9. The van der Waals surface area contributed by atoms with E-state index < -0.39 is 10.0 Å². The third-order valence-electron chi connectivity index (χ3n) is 4.49. The van der Waals surface area contributed by atoms with Gasteiger partial charge in [0, 0.05) is 36.8 Å². The molecular weight excluding hydrogens is 352 g/mol. The molecule has 0 amide bonds. The van der Waals surface area contributed by atoms with Crippen LogP contribution < -0.4 is 9.47 Å². The number of sulfonamides is 1. The average molecular weight is 376 g/mol. The van der Waals surface area contributed by atoms with Crippen LogP contribution in [0.4, 0.5) is 0 Å². The molecule has 7 heteroatoms. The molecule has 1 aromatic carbocycles. The molecule has 0 saturated carbocycles. The Labute approximate surface area is 154 Å². The fourth-order valence-corrected chi connectivity index (χ4v) is 4.68. The number of hydrogen-bond acceptors (Lipinski definition) is 5. The van der Waals surface area contributed by atoms with E-state index in [4.69, 9.17) is 9.47 Å². The van der Waals surface area contributed by atoms with Crippen molar-refractivity contribution in [2.24, 2.45) is 5.92 Å². The molecule has 1 saturated heterocycles. The number of aryl methyl sites for hydroxylation is 1. The lowest BCUT2D eigenvalue weighted by Gasteiger charge is -2.31. The van der Waals surface area contributed by atoms with E-state index in [0.29, 0.717) is 31.3 Å². The molecule has 26 heavy (non-hydrogen) atoms. The molecule has 0 radical (unpaired) electrons. The molecule has 1 unspecified atom stereocenters. The lowest BCUT2D eigenvalue weighted by molar-refractivity contribution is 0.176. The van der Waals surface area contributed by atoms with Crippen molar-refractivity contribution in [3.8, 4) is 11.6 Å². The molecule has 0 N–H and O–H groups in total. The minimum atomic E-state index is -3.54. The first-order valence-electron chi connectivity index (χ1n) is 8.70. The maximum absolute atomic E-state index is 12.9. The second-order valence-corrected chi connectivity index (χ2v) is 8.42.